The van der Waals surface area contributed by atoms with Crippen LogP contribution in [0.3, 0.4) is 0 Å². The molecule has 1 radical (unpaired) electrons. The summed E-state index contributed by atoms with van der Waals surface area (Å²) >= 11 is 0. The van der Waals surface area contributed by atoms with Crippen LogP contribution in [0.5, 0.6) is 0 Å². The van der Waals surface area contributed by atoms with Gasteiger partial charge >= 0.3 is 0 Å². The molecule has 1 N–H and O–H groups in total. The quantitative estimate of drug-likeness (QED) is 0.616. The van der Waals surface area contributed by atoms with Gasteiger partial charge in [0.25, 0.3) is 0 Å². The molecule has 9 heavy (non-hydrogen) atoms. The van der Waals surface area contributed by atoms with E-state index in [1.54, 1.807) is 7.11 Å². The normalized spacial score (nSPS) is 17.3. The molecule has 2 unspecified atom stereocenters. The largest absolute Gasteiger partial charge is 0.390 e. The lowest BCUT2D eigenvalue weighted by Gasteiger charge is -2.15. The first-order valence-corrected chi connectivity index (χ1v) is 3.26. The molecule has 0 fully saturated rings. The number of methoxy groups -OCH3 is 1. The third kappa shape index (κ3) is 3.49. The van der Waals surface area contributed by atoms with Crippen molar-refractivity contribution < 1.29 is 9.84 Å². The summed E-state index contributed by atoms with van der Waals surface area (Å²) < 4.78 is 4.80. The summed E-state index contributed by atoms with van der Waals surface area (Å²) in [5, 5.41) is 9.13. The van der Waals surface area contributed by atoms with Crippen LogP contribution in [0, 0.1) is 6.92 Å². The van der Waals surface area contributed by atoms with E-state index in [9.17, 15) is 0 Å². The standard InChI is InChI=1S/C7H15O2/c1-4-5-7(8)6(2)9-3/h6-8H,2,4-5H2,1,3H3. The van der Waals surface area contributed by atoms with Crippen molar-refractivity contribution in [3.8, 4) is 0 Å². The lowest BCUT2D eigenvalue weighted by molar-refractivity contribution is 0.0107. The maximum Gasteiger partial charge on any atom is 0.0831 e. The zero-order valence-electron chi connectivity index (χ0n) is 6.13. The minimum Gasteiger partial charge on any atom is -0.390 e. The highest BCUT2D eigenvalue weighted by atomic mass is 16.5. The number of aliphatic hydroxyl groups is 1. The average Bonchev–Trinajstić information content (AvgIpc) is 1.87. The SMILES string of the molecule is [CH2]C(OC)C(O)CCC. The molecule has 0 aromatic heterocycles. The molecule has 55 valence electrons. The third-order valence-electron chi connectivity index (χ3n) is 1.32. The highest BCUT2D eigenvalue weighted by Crippen LogP contribution is 2.03. The van der Waals surface area contributed by atoms with Crippen molar-refractivity contribution in [2.45, 2.75) is 32.0 Å². The van der Waals surface area contributed by atoms with Crippen LogP contribution >= 0.6 is 0 Å². The topological polar surface area (TPSA) is 29.5 Å². The van der Waals surface area contributed by atoms with E-state index in [0.29, 0.717) is 0 Å². The van der Waals surface area contributed by atoms with Gasteiger partial charge in [0.2, 0.25) is 0 Å². The highest BCUT2D eigenvalue weighted by Gasteiger charge is 2.10. The van der Waals surface area contributed by atoms with Crippen LogP contribution in [0.15, 0.2) is 0 Å². The Morgan fingerprint density at radius 2 is 2.22 bits per heavy atom. The van der Waals surface area contributed by atoms with Crippen molar-refractivity contribution >= 4 is 0 Å². The molecule has 0 rings (SSSR count). The van der Waals surface area contributed by atoms with Gasteiger partial charge in [-0.1, -0.05) is 13.3 Å². The first-order valence-electron chi connectivity index (χ1n) is 3.26. The molecule has 0 heterocycles. The fourth-order valence-corrected chi connectivity index (χ4v) is 0.639. The van der Waals surface area contributed by atoms with E-state index in [2.05, 4.69) is 6.92 Å². The Morgan fingerprint density at radius 1 is 1.67 bits per heavy atom. The van der Waals surface area contributed by atoms with E-state index in [1.165, 1.54) is 0 Å². The molecule has 2 atom stereocenters. The lowest BCUT2D eigenvalue weighted by atomic mass is 10.1. The first-order chi connectivity index (χ1) is 4.22. The summed E-state index contributed by atoms with van der Waals surface area (Å²) in [5.41, 5.74) is 0. The molecular weight excluding hydrogens is 116 g/mol. The fourth-order valence-electron chi connectivity index (χ4n) is 0.639. The number of aliphatic hydroxyl groups excluding tert-OH is 1. The van der Waals surface area contributed by atoms with Gasteiger partial charge < -0.3 is 9.84 Å². The molecule has 0 amide bonds. The Kier molecular flexibility index (Phi) is 4.72. The summed E-state index contributed by atoms with van der Waals surface area (Å²) in [7, 11) is 1.55. The van der Waals surface area contributed by atoms with Gasteiger partial charge in [-0.05, 0) is 13.3 Å². The molecular formula is C7H15O2. The van der Waals surface area contributed by atoms with Crippen molar-refractivity contribution in [3.05, 3.63) is 6.92 Å². The smallest absolute Gasteiger partial charge is 0.0831 e. The zero-order valence-corrected chi connectivity index (χ0v) is 6.13. The van der Waals surface area contributed by atoms with E-state index in [0.717, 1.165) is 12.8 Å². The molecule has 0 aromatic rings. The summed E-state index contributed by atoms with van der Waals surface area (Å²) in [6.45, 7) is 5.62. The Hall–Kier alpha value is -0.0800. The van der Waals surface area contributed by atoms with Crippen molar-refractivity contribution in [3.63, 3.8) is 0 Å². The maximum absolute atomic E-state index is 9.13. The second kappa shape index (κ2) is 4.77. The number of ether oxygens (including phenoxy) is 1. The summed E-state index contributed by atoms with van der Waals surface area (Å²) in [6.07, 6.45) is 1.06. The highest BCUT2D eigenvalue weighted by molar-refractivity contribution is 4.69. The van der Waals surface area contributed by atoms with Crippen LogP contribution in [0.1, 0.15) is 19.8 Å². The van der Waals surface area contributed by atoms with Gasteiger partial charge in [-0.3, -0.25) is 0 Å². The van der Waals surface area contributed by atoms with Gasteiger partial charge in [-0.25, -0.2) is 0 Å². The van der Waals surface area contributed by atoms with Crippen molar-refractivity contribution in [1.29, 1.82) is 0 Å². The van der Waals surface area contributed by atoms with Crippen molar-refractivity contribution in [2.75, 3.05) is 7.11 Å². The second-order valence-corrected chi connectivity index (χ2v) is 2.13. The molecule has 2 heteroatoms. The van der Waals surface area contributed by atoms with Gasteiger partial charge in [0.15, 0.2) is 0 Å². The van der Waals surface area contributed by atoms with Crippen LogP contribution in [-0.4, -0.2) is 24.4 Å². The Morgan fingerprint density at radius 3 is 2.56 bits per heavy atom. The average molecular weight is 131 g/mol. The molecule has 0 aliphatic carbocycles. The maximum atomic E-state index is 9.13. The lowest BCUT2D eigenvalue weighted by Crippen LogP contribution is -2.24. The Bertz CT molecular complexity index is 63.9. The molecule has 0 aromatic carbocycles. The van der Waals surface area contributed by atoms with Gasteiger partial charge in [-0.15, -0.1) is 0 Å². The molecule has 0 saturated carbocycles. The molecule has 0 bridgehead atoms. The van der Waals surface area contributed by atoms with Gasteiger partial charge in [-0.2, -0.15) is 0 Å². The monoisotopic (exact) mass is 131 g/mol. The predicted molar refractivity (Wildman–Crippen MR) is 37.1 cm³/mol. The van der Waals surface area contributed by atoms with E-state index in [-0.39, 0.29) is 6.10 Å². The summed E-state index contributed by atoms with van der Waals surface area (Å²) in [5.74, 6) is 0. The molecule has 0 saturated heterocycles. The molecule has 0 spiro atoms. The fraction of sp³-hybridized carbons (Fsp3) is 0.857. The Labute approximate surface area is 56.8 Å². The van der Waals surface area contributed by atoms with Crippen LogP contribution in [-0.2, 0) is 4.74 Å². The summed E-state index contributed by atoms with van der Waals surface area (Å²) in [4.78, 5) is 0. The van der Waals surface area contributed by atoms with E-state index in [4.69, 9.17) is 9.84 Å². The molecule has 0 aliphatic rings. The summed E-state index contributed by atoms with van der Waals surface area (Å²) in [6, 6.07) is 0. The van der Waals surface area contributed by atoms with E-state index < -0.39 is 6.10 Å². The molecule has 0 aliphatic heterocycles. The van der Waals surface area contributed by atoms with Crippen LogP contribution in [0.2, 0.25) is 0 Å². The van der Waals surface area contributed by atoms with Crippen LogP contribution in [0.4, 0.5) is 0 Å². The van der Waals surface area contributed by atoms with Gasteiger partial charge in [0.05, 0.1) is 12.2 Å². The zero-order chi connectivity index (χ0) is 7.28. The van der Waals surface area contributed by atoms with E-state index in [1.807, 2.05) is 6.92 Å². The molecule has 2 nitrogen and oxygen atoms in total. The Balaban J connectivity index is 3.32. The minimum absolute atomic E-state index is 0.273. The van der Waals surface area contributed by atoms with Crippen LogP contribution in [0.25, 0.3) is 0 Å². The van der Waals surface area contributed by atoms with Crippen molar-refractivity contribution in [1.82, 2.24) is 0 Å². The number of rotatable bonds is 4. The first kappa shape index (κ1) is 8.92. The van der Waals surface area contributed by atoms with Gasteiger partial charge in [0, 0.05) is 7.11 Å². The number of hydrogen-bond acceptors (Lipinski definition) is 2. The predicted octanol–water partition coefficient (Wildman–Crippen LogP) is 0.996. The van der Waals surface area contributed by atoms with Crippen LogP contribution < -0.4 is 0 Å². The van der Waals surface area contributed by atoms with Gasteiger partial charge in [0.1, 0.15) is 0 Å². The number of hydrogen-bond donors (Lipinski definition) is 1. The second-order valence-electron chi connectivity index (χ2n) is 2.13. The third-order valence-corrected chi connectivity index (χ3v) is 1.32. The van der Waals surface area contributed by atoms with Crippen molar-refractivity contribution in [2.24, 2.45) is 0 Å². The minimum atomic E-state index is -0.403. The van der Waals surface area contributed by atoms with E-state index >= 15 is 0 Å².